The summed E-state index contributed by atoms with van der Waals surface area (Å²) in [5, 5.41) is 10.5. The summed E-state index contributed by atoms with van der Waals surface area (Å²) in [5.41, 5.74) is 2.85. The molecule has 12 nitrogen and oxygen atoms in total. The van der Waals surface area contributed by atoms with Gasteiger partial charge in [0.25, 0.3) is 0 Å². The third-order valence-electron chi connectivity index (χ3n) is 5.82. The standard InChI is InChI=1S/C26H34N8O4S/c1-16(2)13-30-24(28-6)22(27-5)18(4)39(35,36)33-26-32-31-25(19-12-17(3)14-29-15-19)34(26)23-20(37-7)10-9-11-21(23)38-8/h9-15,18,22,27H,6H2,1-5,7-8H3,(H,32,33)/b30-24-/t18-,22+/m0/s1. The number of hydrogen-bond donors (Lipinski definition) is 2. The highest BCUT2D eigenvalue weighted by atomic mass is 32.2. The molecule has 0 spiro atoms. The number of nitrogens with one attached hydrogen (secondary N) is 2. The van der Waals surface area contributed by atoms with Crippen molar-refractivity contribution < 1.29 is 17.9 Å². The fourth-order valence-corrected chi connectivity index (χ4v) is 5.05. The quantitative estimate of drug-likeness (QED) is 0.271. The largest absolute Gasteiger partial charge is 0.494 e. The Balaban J connectivity index is 2.19. The molecule has 0 unspecified atom stereocenters. The van der Waals surface area contributed by atoms with E-state index in [1.165, 1.54) is 18.8 Å². The summed E-state index contributed by atoms with van der Waals surface area (Å²) in [4.78, 5) is 12.5. The Bertz CT molecular complexity index is 1470. The highest BCUT2D eigenvalue weighted by Gasteiger charge is 2.34. The minimum Gasteiger partial charge on any atom is -0.494 e. The molecule has 13 heteroatoms. The topological polar surface area (TPSA) is 145 Å². The Labute approximate surface area is 229 Å². The first-order chi connectivity index (χ1) is 18.6. The molecular formula is C26H34N8O4S. The molecule has 2 atom stereocenters. The molecule has 0 aliphatic heterocycles. The van der Waals surface area contributed by atoms with Crippen LogP contribution in [0.1, 0.15) is 26.3 Å². The van der Waals surface area contributed by atoms with Crippen LogP contribution in [0.3, 0.4) is 0 Å². The number of para-hydroxylation sites is 1. The van der Waals surface area contributed by atoms with Crippen molar-refractivity contribution in [3.05, 3.63) is 54.0 Å². The van der Waals surface area contributed by atoms with E-state index in [-0.39, 0.29) is 11.8 Å². The maximum absolute atomic E-state index is 13.7. The van der Waals surface area contributed by atoms with Crippen molar-refractivity contribution in [3.8, 4) is 28.6 Å². The lowest BCUT2D eigenvalue weighted by Crippen LogP contribution is -2.47. The summed E-state index contributed by atoms with van der Waals surface area (Å²) in [5.74, 6) is 1.35. The number of pyridine rings is 1. The van der Waals surface area contributed by atoms with Gasteiger partial charge in [-0.05, 0) is 65.2 Å². The molecule has 0 radical (unpaired) electrons. The van der Waals surface area contributed by atoms with Crippen molar-refractivity contribution >= 4 is 28.5 Å². The van der Waals surface area contributed by atoms with Crippen molar-refractivity contribution in [2.45, 2.75) is 39.0 Å². The molecular weight excluding hydrogens is 520 g/mol. The zero-order valence-electron chi connectivity index (χ0n) is 23.1. The average Bonchev–Trinajstić information content (AvgIpc) is 3.32. The number of sulfonamides is 1. The first-order valence-electron chi connectivity index (χ1n) is 12.0. The Kier molecular flexibility index (Phi) is 9.54. The van der Waals surface area contributed by atoms with E-state index in [0.717, 1.165) is 11.1 Å². The van der Waals surface area contributed by atoms with Crippen LogP contribution in [0.15, 0.2) is 58.4 Å². The van der Waals surface area contributed by atoms with E-state index in [2.05, 4.69) is 41.9 Å². The zero-order chi connectivity index (χ0) is 28.7. The Hall–Kier alpha value is -4.10. The average molecular weight is 555 g/mol. The molecule has 2 aromatic heterocycles. The van der Waals surface area contributed by atoms with Gasteiger partial charge in [0.1, 0.15) is 28.3 Å². The molecule has 2 N–H and O–H groups in total. The molecule has 1 aromatic carbocycles. The second kappa shape index (κ2) is 12.6. The van der Waals surface area contributed by atoms with Gasteiger partial charge in [0, 0.05) is 24.2 Å². The van der Waals surface area contributed by atoms with Gasteiger partial charge in [-0.25, -0.2) is 18.4 Å². The predicted octanol–water partition coefficient (Wildman–Crippen LogP) is 3.40. The van der Waals surface area contributed by atoms with Crippen LogP contribution in [-0.2, 0) is 10.0 Å². The minimum atomic E-state index is -4.09. The lowest BCUT2D eigenvalue weighted by molar-refractivity contribution is 0.391. The summed E-state index contributed by atoms with van der Waals surface area (Å²) in [7, 11) is 0.562. The number of likely N-dealkylation sites (N-methyl/N-ethyl adjacent to an activating group) is 1. The number of ether oxygens (including phenoxy) is 2. The summed E-state index contributed by atoms with van der Waals surface area (Å²) < 4.78 is 42.8. The van der Waals surface area contributed by atoms with Gasteiger partial charge in [0.15, 0.2) is 5.82 Å². The molecule has 0 aliphatic rings. The molecule has 2 heterocycles. The van der Waals surface area contributed by atoms with Gasteiger partial charge < -0.3 is 14.8 Å². The van der Waals surface area contributed by atoms with Crippen LogP contribution in [0.2, 0.25) is 0 Å². The van der Waals surface area contributed by atoms with E-state index >= 15 is 0 Å². The lowest BCUT2D eigenvalue weighted by atomic mass is 10.2. The van der Waals surface area contributed by atoms with Crippen molar-refractivity contribution in [3.63, 3.8) is 0 Å². The SMILES string of the molecule is C=N/C(=N\C=C(C)C)[C@H](NC)[C@H](C)S(=O)(=O)Nc1nnc(-c2cncc(C)c2)n1-c1c(OC)cccc1OC. The summed E-state index contributed by atoms with van der Waals surface area (Å²) in [6.45, 7) is 10.8. The number of amidine groups is 1. The molecule has 0 saturated heterocycles. The van der Waals surface area contributed by atoms with Crippen LogP contribution in [0.4, 0.5) is 5.95 Å². The fourth-order valence-electron chi connectivity index (χ4n) is 3.87. The second-order valence-corrected chi connectivity index (χ2v) is 11.0. The number of benzene rings is 1. The monoisotopic (exact) mass is 554 g/mol. The third-order valence-corrected chi connectivity index (χ3v) is 7.54. The minimum absolute atomic E-state index is 0.0645. The molecule has 3 rings (SSSR count). The maximum atomic E-state index is 13.7. The van der Waals surface area contributed by atoms with Crippen LogP contribution >= 0.6 is 0 Å². The number of nitrogens with zero attached hydrogens (tertiary/aromatic N) is 6. The number of anilines is 1. The van der Waals surface area contributed by atoms with Gasteiger partial charge in [-0.3, -0.25) is 14.3 Å². The van der Waals surface area contributed by atoms with Crippen molar-refractivity contribution in [2.24, 2.45) is 9.98 Å². The molecule has 0 saturated carbocycles. The van der Waals surface area contributed by atoms with Crippen LogP contribution in [0, 0.1) is 6.92 Å². The smallest absolute Gasteiger partial charge is 0.243 e. The Morgan fingerprint density at radius 1 is 1.15 bits per heavy atom. The van der Waals surface area contributed by atoms with E-state index in [1.54, 1.807) is 50.8 Å². The molecule has 208 valence electrons. The van der Waals surface area contributed by atoms with Gasteiger partial charge in [0.05, 0.1) is 20.3 Å². The van der Waals surface area contributed by atoms with Crippen molar-refractivity contribution in [1.29, 1.82) is 0 Å². The molecule has 0 aliphatic carbocycles. The number of aliphatic imine (C=N–C) groups is 2. The van der Waals surface area contributed by atoms with E-state index in [4.69, 9.17) is 9.47 Å². The van der Waals surface area contributed by atoms with Gasteiger partial charge >= 0.3 is 0 Å². The second-order valence-electron chi connectivity index (χ2n) is 8.92. The summed E-state index contributed by atoms with van der Waals surface area (Å²) in [6, 6.07) is 6.33. The number of allylic oxidation sites excluding steroid dienone is 1. The molecule has 0 amide bonds. The van der Waals surface area contributed by atoms with Crippen LogP contribution in [-0.4, -0.2) is 73.3 Å². The molecule has 3 aromatic rings. The maximum Gasteiger partial charge on any atom is 0.243 e. The normalized spacial score (nSPS) is 13.4. The molecule has 0 bridgehead atoms. The summed E-state index contributed by atoms with van der Waals surface area (Å²) in [6.07, 6.45) is 4.93. The highest BCUT2D eigenvalue weighted by molar-refractivity contribution is 7.93. The number of hydrogen-bond acceptors (Lipinski definition) is 9. The van der Waals surface area contributed by atoms with E-state index < -0.39 is 21.3 Å². The first-order valence-corrected chi connectivity index (χ1v) is 13.6. The Morgan fingerprint density at radius 3 is 2.36 bits per heavy atom. The number of aryl methyl sites for hydroxylation is 1. The van der Waals surface area contributed by atoms with E-state index in [1.807, 2.05) is 26.8 Å². The van der Waals surface area contributed by atoms with Gasteiger partial charge in [-0.15, -0.1) is 10.2 Å². The van der Waals surface area contributed by atoms with Gasteiger partial charge in [-0.1, -0.05) is 11.6 Å². The number of aromatic nitrogens is 4. The lowest BCUT2D eigenvalue weighted by Gasteiger charge is -2.24. The molecule has 0 fully saturated rings. The van der Waals surface area contributed by atoms with E-state index in [9.17, 15) is 8.42 Å². The third kappa shape index (κ3) is 6.49. The van der Waals surface area contributed by atoms with Crippen molar-refractivity contribution in [1.82, 2.24) is 25.1 Å². The van der Waals surface area contributed by atoms with Crippen molar-refractivity contribution in [2.75, 3.05) is 26.0 Å². The summed E-state index contributed by atoms with van der Waals surface area (Å²) >= 11 is 0. The number of methoxy groups -OCH3 is 2. The molecule has 39 heavy (non-hydrogen) atoms. The predicted molar refractivity (Wildman–Crippen MR) is 154 cm³/mol. The van der Waals surface area contributed by atoms with Crippen LogP contribution < -0.4 is 19.5 Å². The Morgan fingerprint density at radius 2 is 1.82 bits per heavy atom. The zero-order valence-corrected chi connectivity index (χ0v) is 23.9. The van der Waals surface area contributed by atoms with E-state index in [0.29, 0.717) is 28.6 Å². The van der Waals surface area contributed by atoms with Crippen LogP contribution in [0.25, 0.3) is 17.1 Å². The highest BCUT2D eigenvalue weighted by Crippen LogP contribution is 2.37. The number of rotatable bonds is 11. The first kappa shape index (κ1) is 29.5. The van der Waals surface area contributed by atoms with Gasteiger partial charge in [0.2, 0.25) is 16.0 Å². The van der Waals surface area contributed by atoms with Crippen LogP contribution in [0.5, 0.6) is 11.5 Å². The fraction of sp³-hybridized carbons (Fsp3) is 0.346. The van der Waals surface area contributed by atoms with Gasteiger partial charge in [-0.2, -0.15) is 0 Å².